The smallest absolute Gasteiger partial charge is 0.190 e. The normalized spacial score (nSPS) is 10.8. The van der Waals surface area contributed by atoms with Gasteiger partial charge in [-0.2, -0.15) is 0 Å². The number of aromatic nitrogens is 2. The highest BCUT2D eigenvalue weighted by molar-refractivity contribution is 7.98. The maximum Gasteiger partial charge on any atom is 0.190 e. The third-order valence-electron chi connectivity index (χ3n) is 4.23. The predicted octanol–water partition coefficient (Wildman–Crippen LogP) is 5.47. The van der Waals surface area contributed by atoms with E-state index in [-0.39, 0.29) is 0 Å². The van der Waals surface area contributed by atoms with Crippen molar-refractivity contribution < 1.29 is 4.74 Å². The van der Waals surface area contributed by atoms with Crippen LogP contribution in [0.3, 0.4) is 0 Å². The summed E-state index contributed by atoms with van der Waals surface area (Å²) in [6, 6.07) is 8.22. The van der Waals surface area contributed by atoms with Crippen molar-refractivity contribution in [3.63, 3.8) is 0 Å². The van der Waals surface area contributed by atoms with Gasteiger partial charge in [-0.1, -0.05) is 48.8 Å². The zero-order chi connectivity index (χ0) is 18.9. The van der Waals surface area contributed by atoms with Gasteiger partial charge in [-0.15, -0.1) is 0 Å². The molecule has 0 saturated carbocycles. The lowest BCUT2D eigenvalue weighted by atomic mass is 10.1. The van der Waals surface area contributed by atoms with Crippen LogP contribution in [-0.2, 0) is 6.42 Å². The average molecular weight is 394 g/mol. The van der Waals surface area contributed by atoms with Gasteiger partial charge in [0.2, 0.25) is 0 Å². The van der Waals surface area contributed by atoms with E-state index in [4.69, 9.17) is 21.3 Å². The quantitative estimate of drug-likeness (QED) is 0.231. The predicted molar refractivity (Wildman–Crippen MR) is 112 cm³/mol. The summed E-state index contributed by atoms with van der Waals surface area (Å²) in [4.78, 5) is 11.4. The van der Waals surface area contributed by atoms with Gasteiger partial charge in [-0.3, -0.25) is 0 Å². The van der Waals surface area contributed by atoms with Gasteiger partial charge in [-0.25, -0.2) is 9.97 Å². The third-order valence-corrected chi connectivity index (χ3v) is 5.09. The second-order valence-corrected chi connectivity index (χ2v) is 7.13. The van der Waals surface area contributed by atoms with Crippen LogP contribution in [0.5, 0.6) is 5.75 Å². The van der Waals surface area contributed by atoms with Crippen molar-refractivity contribution in [2.75, 3.05) is 30.9 Å². The zero-order valence-corrected chi connectivity index (χ0v) is 17.7. The molecule has 2 rings (SSSR count). The molecule has 0 saturated heterocycles. The summed E-state index contributed by atoms with van der Waals surface area (Å²) in [5.41, 5.74) is 2.15. The van der Waals surface area contributed by atoms with Crippen LogP contribution < -0.4 is 9.64 Å². The lowest BCUT2D eigenvalue weighted by Gasteiger charge is -2.23. The monoisotopic (exact) mass is 393 g/mol. The van der Waals surface area contributed by atoms with Crippen molar-refractivity contribution in [3.8, 4) is 5.75 Å². The summed E-state index contributed by atoms with van der Waals surface area (Å²) in [6.45, 7) is 8.95. The molecule has 0 N–H and O–H groups in total. The Balaban J connectivity index is 2.24. The topological polar surface area (TPSA) is 38.3 Å². The molecule has 0 fully saturated rings. The number of thioether (sulfide) groups is 1. The molecule has 6 heteroatoms. The van der Waals surface area contributed by atoms with E-state index in [1.54, 1.807) is 0 Å². The van der Waals surface area contributed by atoms with E-state index >= 15 is 0 Å². The van der Waals surface area contributed by atoms with Crippen LogP contribution in [0.2, 0.25) is 5.15 Å². The van der Waals surface area contributed by atoms with Crippen molar-refractivity contribution in [1.82, 2.24) is 9.97 Å². The van der Waals surface area contributed by atoms with Gasteiger partial charge in [0.15, 0.2) is 5.16 Å². The zero-order valence-electron chi connectivity index (χ0n) is 16.1. The SMILES string of the molecule is CCCCOc1ccc(Cc2c(Cl)nc(SC)nc2N(CC)CC)cc1. The molecule has 1 aromatic carbocycles. The molecule has 0 unspecified atom stereocenters. The van der Waals surface area contributed by atoms with E-state index in [9.17, 15) is 0 Å². The second-order valence-electron chi connectivity index (χ2n) is 6.00. The summed E-state index contributed by atoms with van der Waals surface area (Å²) in [5.74, 6) is 1.84. The van der Waals surface area contributed by atoms with E-state index in [0.29, 0.717) is 16.7 Å². The maximum absolute atomic E-state index is 6.52. The van der Waals surface area contributed by atoms with Gasteiger partial charge >= 0.3 is 0 Å². The van der Waals surface area contributed by atoms with Crippen molar-refractivity contribution >= 4 is 29.2 Å². The number of nitrogens with zero attached hydrogens (tertiary/aromatic N) is 3. The molecule has 0 amide bonds. The van der Waals surface area contributed by atoms with E-state index in [1.807, 2.05) is 18.4 Å². The van der Waals surface area contributed by atoms with Crippen LogP contribution in [-0.4, -0.2) is 35.9 Å². The number of anilines is 1. The molecule has 2 aromatic rings. The molecule has 1 aromatic heterocycles. The average Bonchev–Trinajstić information content (AvgIpc) is 2.66. The molecule has 26 heavy (non-hydrogen) atoms. The summed E-state index contributed by atoms with van der Waals surface area (Å²) < 4.78 is 5.74. The summed E-state index contributed by atoms with van der Waals surface area (Å²) in [7, 11) is 0. The fourth-order valence-electron chi connectivity index (χ4n) is 2.70. The highest BCUT2D eigenvalue weighted by Gasteiger charge is 2.17. The highest BCUT2D eigenvalue weighted by atomic mass is 35.5. The van der Waals surface area contributed by atoms with Gasteiger partial charge in [-0.05, 0) is 44.2 Å². The lowest BCUT2D eigenvalue weighted by molar-refractivity contribution is 0.309. The van der Waals surface area contributed by atoms with Crippen molar-refractivity contribution in [2.24, 2.45) is 0 Å². The number of rotatable bonds is 10. The number of halogens is 1. The molecule has 0 bridgehead atoms. The van der Waals surface area contributed by atoms with E-state index < -0.39 is 0 Å². The van der Waals surface area contributed by atoms with Crippen LogP contribution >= 0.6 is 23.4 Å². The first-order valence-corrected chi connectivity index (χ1v) is 10.8. The summed E-state index contributed by atoms with van der Waals surface area (Å²) >= 11 is 8.03. The molecule has 4 nitrogen and oxygen atoms in total. The molecule has 0 aliphatic heterocycles. The minimum atomic E-state index is 0.537. The molecular formula is C20H28ClN3OS. The second kappa shape index (κ2) is 10.6. The number of benzene rings is 1. The molecule has 0 spiro atoms. The van der Waals surface area contributed by atoms with Gasteiger partial charge < -0.3 is 9.64 Å². The van der Waals surface area contributed by atoms with Gasteiger partial charge in [0.25, 0.3) is 0 Å². The van der Waals surface area contributed by atoms with Crippen LogP contribution in [0.25, 0.3) is 0 Å². The Hall–Kier alpha value is -1.46. The molecule has 1 heterocycles. The lowest BCUT2D eigenvalue weighted by Crippen LogP contribution is -2.25. The van der Waals surface area contributed by atoms with Gasteiger partial charge in [0.1, 0.15) is 16.7 Å². The Morgan fingerprint density at radius 3 is 2.35 bits per heavy atom. The largest absolute Gasteiger partial charge is 0.494 e. The van der Waals surface area contributed by atoms with Crippen LogP contribution in [0.4, 0.5) is 5.82 Å². The molecule has 142 valence electrons. The van der Waals surface area contributed by atoms with E-state index in [1.165, 1.54) is 17.3 Å². The van der Waals surface area contributed by atoms with E-state index in [2.05, 4.69) is 42.8 Å². The highest BCUT2D eigenvalue weighted by Crippen LogP contribution is 2.29. The van der Waals surface area contributed by atoms with E-state index in [0.717, 1.165) is 49.7 Å². The maximum atomic E-state index is 6.52. The molecule has 0 atom stereocenters. The summed E-state index contributed by atoms with van der Waals surface area (Å²) in [5, 5.41) is 1.25. The van der Waals surface area contributed by atoms with Gasteiger partial charge in [0, 0.05) is 25.1 Å². The Kier molecular flexibility index (Phi) is 8.52. The minimum Gasteiger partial charge on any atom is -0.494 e. The fourth-order valence-corrected chi connectivity index (χ4v) is 3.34. The molecular weight excluding hydrogens is 366 g/mol. The minimum absolute atomic E-state index is 0.537. The number of unbranched alkanes of at least 4 members (excludes halogenated alkanes) is 1. The van der Waals surface area contributed by atoms with Crippen molar-refractivity contribution in [3.05, 3.63) is 40.5 Å². The van der Waals surface area contributed by atoms with Crippen LogP contribution in [0.1, 0.15) is 44.7 Å². The number of hydrogen-bond acceptors (Lipinski definition) is 5. The number of hydrogen-bond donors (Lipinski definition) is 0. The van der Waals surface area contributed by atoms with Crippen LogP contribution in [0, 0.1) is 0 Å². The Labute approximate surface area is 166 Å². The molecule has 0 radical (unpaired) electrons. The molecule has 0 aliphatic rings. The molecule has 0 aliphatic carbocycles. The first-order valence-electron chi connectivity index (χ1n) is 9.19. The first-order chi connectivity index (χ1) is 12.6. The Bertz CT molecular complexity index is 690. The van der Waals surface area contributed by atoms with Crippen molar-refractivity contribution in [1.29, 1.82) is 0 Å². The van der Waals surface area contributed by atoms with Crippen molar-refractivity contribution in [2.45, 2.75) is 45.2 Å². The van der Waals surface area contributed by atoms with Gasteiger partial charge in [0.05, 0.1) is 6.61 Å². The third kappa shape index (κ3) is 5.52. The van der Waals surface area contributed by atoms with Crippen LogP contribution in [0.15, 0.2) is 29.4 Å². The number of ether oxygens (including phenoxy) is 1. The first kappa shape index (κ1) is 20.8. The standard InChI is InChI=1S/C20H28ClN3OS/c1-5-8-13-25-16-11-9-15(10-12-16)14-17-18(21)22-20(26-4)23-19(17)24(6-2)7-3/h9-12H,5-8,13-14H2,1-4H3. The Morgan fingerprint density at radius 2 is 1.77 bits per heavy atom. The summed E-state index contributed by atoms with van der Waals surface area (Å²) in [6.07, 6.45) is 4.88. The Morgan fingerprint density at radius 1 is 1.08 bits per heavy atom. The fraction of sp³-hybridized carbons (Fsp3) is 0.500.